The van der Waals surface area contributed by atoms with E-state index in [1.807, 2.05) is 6.20 Å². The Balaban J connectivity index is 2.01. The van der Waals surface area contributed by atoms with Gasteiger partial charge in [0.1, 0.15) is 5.76 Å². The lowest BCUT2D eigenvalue weighted by Crippen LogP contribution is -2.19. The molecule has 1 aromatic rings. The van der Waals surface area contributed by atoms with Gasteiger partial charge in [-0.2, -0.15) is 0 Å². The Morgan fingerprint density at radius 3 is 2.76 bits per heavy atom. The van der Waals surface area contributed by atoms with Crippen LogP contribution in [-0.2, 0) is 11.8 Å². The van der Waals surface area contributed by atoms with Crippen LogP contribution in [0.4, 0.5) is 0 Å². The van der Waals surface area contributed by atoms with Crippen LogP contribution in [0.5, 0.6) is 0 Å². The van der Waals surface area contributed by atoms with Gasteiger partial charge in [-0.25, -0.2) is 4.98 Å². The number of aromatic nitrogens is 1. The molecule has 0 atom stereocenters. The highest BCUT2D eigenvalue weighted by molar-refractivity contribution is 5.13. The number of likely N-dealkylation sites (N-methyl/N-ethyl adjacent to an activating group) is 1. The van der Waals surface area contributed by atoms with Crippen molar-refractivity contribution in [2.45, 2.75) is 57.8 Å². The van der Waals surface area contributed by atoms with Crippen molar-refractivity contribution in [3.63, 3.8) is 0 Å². The third-order valence-electron chi connectivity index (χ3n) is 4.08. The predicted octanol–water partition coefficient (Wildman–Crippen LogP) is 3.05. The van der Waals surface area contributed by atoms with Gasteiger partial charge >= 0.3 is 0 Å². The van der Waals surface area contributed by atoms with Gasteiger partial charge in [0.15, 0.2) is 5.89 Å². The highest BCUT2D eigenvalue weighted by Crippen LogP contribution is 2.43. The van der Waals surface area contributed by atoms with Crippen LogP contribution in [0.15, 0.2) is 10.6 Å². The second kappa shape index (κ2) is 5.67. The van der Waals surface area contributed by atoms with Crippen molar-refractivity contribution in [1.82, 2.24) is 10.3 Å². The molecule has 0 bridgehead atoms. The van der Waals surface area contributed by atoms with Crippen molar-refractivity contribution < 1.29 is 4.42 Å². The fourth-order valence-corrected chi connectivity index (χ4v) is 2.87. The lowest BCUT2D eigenvalue weighted by Gasteiger charge is -2.23. The maximum absolute atomic E-state index is 5.96. The van der Waals surface area contributed by atoms with Gasteiger partial charge in [0, 0.05) is 18.4 Å². The van der Waals surface area contributed by atoms with Gasteiger partial charge in [0.05, 0.1) is 6.20 Å². The molecule has 0 radical (unpaired) electrons. The zero-order valence-corrected chi connectivity index (χ0v) is 11.1. The van der Waals surface area contributed by atoms with Crippen molar-refractivity contribution in [1.29, 1.82) is 0 Å². The quantitative estimate of drug-likeness (QED) is 0.771. The third-order valence-corrected chi connectivity index (χ3v) is 4.08. The standard InChI is InChI=1S/C14H24N2O/c1-3-14(8-5-6-9-14)12-11-16-13(17-12)7-10-15-4-2/h11,15H,3-10H2,1-2H3. The van der Waals surface area contributed by atoms with E-state index in [9.17, 15) is 0 Å². The highest BCUT2D eigenvalue weighted by atomic mass is 16.4. The first kappa shape index (κ1) is 12.6. The summed E-state index contributed by atoms with van der Waals surface area (Å²) >= 11 is 0. The van der Waals surface area contributed by atoms with E-state index in [0.29, 0.717) is 5.41 Å². The minimum Gasteiger partial charge on any atom is -0.445 e. The molecular weight excluding hydrogens is 212 g/mol. The van der Waals surface area contributed by atoms with Gasteiger partial charge in [-0.1, -0.05) is 26.7 Å². The molecule has 96 valence electrons. The first-order valence-corrected chi connectivity index (χ1v) is 6.96. The number of hydrogen-bond donors (Lipinski definition) is 1. The van der Waals surface area contributed by atoms with Crippen molar-refractivity contribution >= 4 is 0 Å². The lowest BCUT2D eigenvalue weighted by molar-refractivity contribution is 0.316. The zero-order chi connectivity index (χ0) is 12.1. The number of nitrogens with zero attached hydrogens (tertiary/aromatic N) is 1. The molecule has 17 heavy (non-hydrogen) atoms. The van der Waals surface area contributed by atoms with E-state index >= 15 is 0 Å². The molecule has 0 amide bonds. The number of oxazole rings is 1. The van der Waals surface area contributed by atoms with E-state index in [1.165, 1.54) is 32.1 Å². The second-order valence-corrected chi connectivity index (χ2v) is 5.06. The third kappa shape index (κ3) is 2.71. The van der Waals surface area contributed by atoms with Crippen LogP contribution in [-0.4, -0.2) is 18.1 Å². The molecule has 1 fully saturated rings. The molecule has 3 heteroatoms. The summed E-state index contributed by atoms with van der Waals surface area (Å²) in [4.78, 5) is 4.42. The molecule has 3 nitrogen and oxygen atoms in total. The van der Waals surface area contributed by atoms with Gasteiger partial charge in [-0.15, -0.1) is 0 Å². The molecule has 0 unspecified atom stereocenters. The molecule has 0 aromatic carbocycles. The smallest absolute Gasteiger partial charge is 0.195 e. The molecule has 1 aliphatic carbocycles. The SMILES string of the molecule is CCNCCc1ncc(C2(CC)CCCC2)o1. The largest absolute Gasteiger partial charge is 0.445 e. The summed E-state index contributed by atoms with van der Waals surface area (Å²) in [6.45, 7) is 6.35. The minimum absolute atomic E-state index is 0.295. The number of rotatable bonds is 6. The van der Waals surface area contributed by atoms with Crippen LogP contribution in [0.25, 0.3) is 0 Å². The van der Waals surface area contributed by atoms with Crippen LogP contribution in [0.3, 0.4) is 0 Å². The number of nitrogens with one attached hydrogen (secondary N) is 1. The van der Waals surface area contributed by atoms with Gasteiger partial charge in [0.2, 0.25) is 0 Å². The van der Waals surface area contributed by atoms with E-state index in [0.717, 1.165) is 31.2 Å². The Labute approximate surface area is 104 Å². The first-order chi connectivity index (χ1) is 8.30. The maximum Gasteiger partial charge on any atom is 0.195 e. The molecule has 1 aromatic heterocycles. The van der Waals surface area contributed by atoms with E-state index in [4.69, 9.17) is 4.42 Å². The molecule has 0 spiro atoms. The van der Waals surface area contributed by atoms with E-state index in [1.54, 1.807) is 0 Å². The Hall–Kier alpha value is -0.830. The Bertz CT molecular complexity index is 340. The van der Waals surface area contributed by atoms with Crippen molar-refractivity contribution in [2.24, 2.45) is 0 Å². The Morgan fingerprint density at radius 1 is 1.35 bits per heavy atom. The van der Waals surface area contributed by atoms with Gasteiger partial charge in [-0.3, -0.25) is 0 Å². The Morgan fingerprint density at radius 2 is 2.12 bits per heavy atom. The topological polar surface area (TPSA) is 38.1 Å². The Kier molecular flexibility index (Phi) is 4.21. The summed E-state index contributed by atoms with van der Waals surface area (Å²) < 4.78 is 5.96. The summed E-state index contributed by atoms with van der Waals surface area (Å²) in [5.74, 6) is 2.02. The van der Waals surface area contributed by atoms with Crippen LogP contribution in [0, 0.1) is 0 Å². The summed E-state index contributed by atoms with van der Waals surface area (Å²) in [6.07, 6.45) is 9.25. The summed E-state index contributed by atoms with van der Waals surface area (Å²) in [5, 5.41) is 3.30. The molecule has 1 heterocycles. The molecule has 2 rings (SSSR count). The average Bonchev–Trinajstić information content (AvgIpc) is 2.98. The normalized spacial score (nSPS) is 18.7. The van der Waals surface area contributed by atoms with Crippen molar-refractivity contribution in [3.05, 3.63) is 17.8 Å². The molecular formula is C14H24N2O. The number of hydrogen-bond acceptors (Lipinski definition) is 3. The van der Waals surface area contributed by atoms with Gasteiger partial charge in [0.25, 0.3) is 0 Å². The zero-order valence-electron chi connectivity index (χ0n) is 11.1. The first-order valence-electron chi connectivity index (χ1n) is 6.96. The monoisotopic (exact) mass is 236 g/mol. The fourth-order valence-electron chi connectivity index (χ4n) is 2.87. The summed E-state index contributed by atoms with van der Waals surface area (Å²) in [6, 6.07) is 0. The predicted molar refractivity (Wildman–Crippen MR) is 69.2 cm³/mol. The molecule has 0 saturated heterocycles. The van der Waals surface area contributed by atoms with Crippen LogP contribution < -0.4 is 5.32 Å². The minimum atomic E-state index is 0.295. The second-order valence-electron chi connectivity index (χ2n) is 5.06. The van der Waals surface area contributed by atoms with E-state index in [-0.39, 0.29) is 0 Å². The van der Waals surface area contributed by atoms with Crippen molar-refractivity contribution in [3.8, 4) is 0 Å². The average molecular weight is 236 g/mol. The van der Waals surface area contributed by atoms with Gasteiger partial charge in [-0.05, 0) is 25.8 Å². The summed E-state index contributed by atoms with van der Waals surface area (Å²) in [7, 11) is 0. The van der Waals surface area contributed by atoms with Gasteiger partial charge < -0.3 is 9.73 Å². The van der Waals surface area contributed by atoms with Crippen LogP contribution in [0.2, 0.25) is 0 Å². The van der Waals surface area contributed by atoms with Crippen molar-refractivity contribution in [2.75, 3.05) is 13.1 Å². The molecule has 1 saturated carbocycles. The van der Waals surface area contributed by atoms with Crippen LogP contribution >= 0.6 is 0 Å². The molecule has 0 aliphatic heterocycles. The van der Waals surface area contributed by atoms with Crippen LogP contribution in [0.1, 0.15) is 57.6 Å². The van der Waals surface area contributed by atoms with E-state index < -0.39 is 0 Å². The summed E-state index contributed by atoms with van der Waals surface area (Å²) in [5.41, 5.74) is 0.295. The highest BCUT2D eigenvalue weighted by Gasteiger charge is 2.37. The maximum atomic E-state index is 5.96. The lowest BCUT2D eigenvalue weighted by atomic mass is 9.81. The van der Waals surface area contributed by atoms with E-state index in [2.05, 4.69) is 24.1 Å². The molecule has 1 aliphatic rings. The fraction of sp³-hybridized carbons (Fsp3) is 0.786. The molecule has 1 N–H and O–H groups in total.